The van der Waals surface area contributed by atoms with Crippen LogP contribution in [0.1, 0.15) is 36.7 Å². The zero-order valence-corrected chi connectivity index (χ0v) is 16.3. The quantitative estimate of drug-likeness (QED) is 0.797. The molecular weight excluding hydrogens is 365 g/mol. The average molecular weight is 387 g/mol. The monoisotopic (exact) mass is 387 g/mol. The van der Waals surface area contributed by atoms with Crippen LogP contribution >= 0.6 is 0 Å². The van der Waals surface area contributed by atoms with Crippen LogP contribution in [0, 0.1) is 5.82 Å². The number of hydrogen-bond acceptors (Lipinski definition) is 3. The van der Waals surface area contributed by atoms with Gasteiger partial charge in [0.15, 0.2) is 9.84 Å². The SMILES string of the molecule is CC(C)(C)c1ccc(C(=O)N(c2ccc(F)cc2)[C@H]2C=CS(=O)(=O)C2)cc1. The topological polar surface area (TPSA) is 54.5 Å². The van der Waals surface area contributed by atoms with Gasteiger partial charge < -0.3 is 4.90 Å². The van der Waals surface area contributed by atoms with Gasteiger partial charge in [-0.2, -0.15) is 0 Å². The van der Waals surface area contributed by atoms with Gasteiger partial charge in [-0.3, -0.25) is 4.79 Å². The number of carbonyl (C=O) groups is 1. The zero-order chi connectivity index (χ0) is 19.8. The molecule has 0 N–H and O–H groups in total. The van der Waals surface area contributed by atoms with Gasteiger partial charge in [-0.05, 0) is 53.5 Å². The van der Waals surface area contributed by atoms with E-state index in [1.165, 1.54) is 35.2 Å². The molecule has 0 fully saturated rings. The first-order valence-electron chi connectivity index (χ1n) is 8.67. The van der Waals surface area contributed by atoms with Crippen LogP contribution in [0.15, 0.2) is 60.0 Å². The number of halogens is 1. The van der Waals surface area contributed by atoms with Crippen molar-refractivity contribution in [2.45, 2.75) is 32.2 Å². The fraction of sp³-hybridized carbons (Fsp3) is 0.286. The Morgan fingerprint density at radius 3 is 2.11 bits per heavy atom. The van der Waals surface area contributed by atoms with E-state index in [-0.39, 0.29) is 17.1 Å². The first-order chi connectivity index (χ1) is 12.6. The molecule has 0 aromatic heterocycles. The molecule has 0 unspecified atom stereocenters. The van der Waals surface area contributed by atoms with Crippen LogP contribution in [0.2, 0.25) is 0 Å². The van der Waals surface area contributed by atoms with E-state index in [4.69, 9.17) is 0 Å². The first-order valence-corrected chi connectivity index (χ1v) is 10.4. The Bertz CT molecular complexity index is 972. The Labute approximate surface area is 159 Å². The van der Waals surface area contributed by atoms with Crippen molar-refractivity contribution in [1.82, 2.24) is 0 Å². The van der Waals surface area contributed by atoms with Crippen LogP contribution in [0.3, 0.4) is 0 Å². The molecule has 0 bridgehead atoms. The highest BCUT2D eigenvalue weighted by atomic mass is 32.2. The Hall–Kier alpha value is -2.47. The van der Waals surface area contributed by atoms with Crippen LogP contribution in [0.25, 0.3) is 0 Å². The summed E-state index contributed by atoms with van der Waals surface area (Å²) in [4.78, 5) is 14.6. The number of carbonyl (C=O) groups excluding carboxylic acids is 1. The van der Waals surface area contributed by atoms with E-state index in [9.17, 15) is 17.6 Å². The van der Waals surface area contributed by atoms with Crippen molar-refractivity contribution in [2.75, 3.05) is 10.7 Å². The summed E-state index contributed by atoms with van der Waals surface area (Å²) in [5.41, 5.74) is 1.95. The van der Waals surface area contributed by atoms with Gasteiger partial charge in [-0.1, -0.05) is 32.9 Å². The Kier molecular flexibility index (Phi) is 4.95. The maximum atomic E-state index is 13.3. The number of anilines is 1. The molecule has 2 aromatic rings. The second-order valence-corrected chi connectivity index (χ2v) is 9.64. The summed E-state index contributed by atoms with van der Waals surface area (Å²) < 4.78 is 37.0. The minimum atomic E-state index is -3.35. The van der Waals surface area contributed by atoms with Crippen molar-refractivity contribution in [2.24, 2.45) is 0 Å². The summed E-state index contributed by atoms with van der Waals surface area (Å²) in [6, 6.07) is 12.1. The fourth-order valence-electron chi connectivity index (χ4n) is 3.03. The van der Waals surface area contributed by atoms with Crippen LogP contribution in [-0.4, -0.2) is 26.1 Å². The van der Waals surface area contributed by atoms with Crippen molar-refractivity contribution in [3.8, 4) is 0 Å². The summed E-state index contributed by atoms with van der Waals surface area (Å²) in [6.45, 7) is 6.26. The predicted octanol–water partition coefficient (Wildman–Crippen LogP) is 4.08. The molecular formula is C21H22FNO3S. The van der Waals surface area contributed by atoms with Gasteiger partial charge in [-0.15, -0.1) is 0 Å². The number of rotatable bonds is 3. The van der Waals surface area contributed by atoms with E-state index in [1.54, 1.807) is 12.1 Å². The molecule has 1 amide bonds. The highest BCUT2D eigenvalue weighted by Crippen LogP contribution is 2.27. The van der Waals surface area contributed by atoms with E-state index < -0.39 is 21.7 Å². The van der Waals surface area contributed by atoms with Gasteiger partial charge in [0.05, 0.1) is 11.8 Å². The lowest BCUT2D eigenvalue weighted by Gasteiger charge is -2.28. The Balaban J connectivity index is 1.98. The van der Waals surface area contributed by atoms with Crippen molar-refractivity contribution in [1.29, 1.82) is 0 Å². The smallest absolute Gasteiger partial charge is 0.258 e. The van der Waals surface area contributed by atoms with E-state index in [1.807, 2.05) is 12.1 Å². The van der Waals surface area contributed by atoms with Gasteiger partial charge >= 0.3 is 0 Å². The molecule has 3 rings (SSSR count). The van der Waals surface area contributed by atoms with Crippen molar-refractivity contribution in [3.63, 3.8) is 0 Å². The molecule has 0 saturated carbocycles. The highest BCUT2D eigenvalue weighted by Gasteiger charge is 2.32. The summed E-state index contributed by atoms with van der Waals surface area (Å²) in [7, 11) is -3.35. The molecule has 6 heteroatoms. The Morgan fingerprint density at radius 2 is 1.63 bits per heavy atom. The number of amides is 1. The maximum Gasteiger partial charge on any atom is 0.258 e. The number of sulfone groups is 1. The summed E-state index contributed by atoms with van der Waals surface area (Å²) >= 11 is 0. The van der Waals surface area contributed by atoms with E-state index in [0.717, 1.165) is 11.0 Å². The highest BCUT2D eigenvalue weighted by molar-refractivity contribution is 7.94. The molecule has 142 valence electrons. The molecule has 2 aromatic carbocycles. The van der Waals surface area contributed by atoms with Gasteiger partial charge in [0, 0.05) is 16.7 Å². The summed E-state index contributed by atoms with van der Waals surface area (Å²) in [6.07, 6.45) is 1.50. The number of hydrogen-bond donors (Lipinski definition) is 0. The van der Waals surface area contributed by atoms with E-state index >= 15 is 0 Å². The third-order valence-corrected chi connectivity index (χ3v) is 5.94. The average Bonchev–Trinajstić information content (AvgIpc) is 2.95. The second kappa shape index (κ2) is 6.93. The molecule has 0 aliphatic carbocycles. The fourth-order valence-corrected chi connectivity index (χ4v) is 4.30. The molecule has 4 nitrogen and oxygen atoms in total. The molecule has 1 aliphatic heterocycles. The molecule has 0 saturated heterocycles. The maximum absolute atomic E-state index is 13.3. The first kappa shape index (κ1) is 19.3. The zero-order valence-electron chi connectivity index (χ0n) is 15.5. The lowest BCUT2D eigenvalue weighted by Crippen LogP contribution is -2.41. The molecule has 1 atom stereocenters. The van der Waals surface area contributed by atoms with Gasteiger partial charge in [0.1, 0.15) is 5.82 Å². The van der Waals surface area contributed by atoms with Crippen molar-refractivity contribution in [3.05, 3.63) is 77.0 Å². The summed E-state index contributed by atoms with van der Waals surface area (Å²) in [5, 5.41) is 1.13. The van der Waals surface area contributed by atoms with Crippen LogP contribution < -0.4 is 4.90 Å². The Morgan fingerprint density at radius 1 is 1.04 bits per heavy atom. The van der Waals surface area contributed by atoms with Crippen molar-refractivity contribution < 1.29 is 17.6 Å². The van der Waals surface area contributed by atoms with Crippen LogP contribution in [0.5, 0.6) is 0 Å². The molecule has 1 aliphatic rings. The molecule has 1 heterocycles. The third kappa shape index (κ3) is 4.27. The van der Waals surface area contributed by atoms with Gasteiger partial charge in [0.25, 0.3) is 5.91 Å². The van der Waals surface area contributed by atoms with E-state index in [2.05, 4.69) is 20.8 Å². The van der Waals surface area contributed by atoms with Crippen LogP contribution in [-0.2, 0) is 15.3 Å². The molecule has 0 radical (unpaired) electrons. The van der Waals surface area contributed by atoms with Gasteiger partial charge in [-0.25, -0.2) is 12.8 Å². The number of nitrogens with zero attached hydrogens (tertiary/aromatic N) is 1. The second-order valence-electron chi connectivity index (χ2n) is 7.70. The predicted molar refractivity (Wildman–Crippen MR) is 105 cm³/mol. The van der Waals surface area contributed by atoms with Crippen LogP contribution in [0.4, 0.5) is 10.1 Å². The number of benzene rings is 2. The molecule has 0 spiro atoms. The lowest BCUT2D eigenvalue weighted by atomic mass is 9.86. The lowest BCUT2D eigenvalue weighted by molar-refractivity contribution is 0.0983. The minimum Gasteiger partial charge on any atom is -0.300 e. The third-order valence-electron chi connectivity index (χ3n) is 4.56. The standard InChI is InChI=1S/C21H22FNO3S/c1-21(2,3)16-6-4-15(5-7-16)20(24)23(18-10-8-17(22)9-11-18)19-12-13-27(25,26)14-19/h4-13,19H,14H2,1-3H3/t19-/m0/s1. The largest absolute Gasteiger partial charge is 0.300 e. The minimum absolute atomic E-state index is 0.0412. The summed E-state index contributed by atoms with van der Waals surface area (Å²) in [5.74, 6) is -0.931. The van der Waals surface area contributed by atoms with Gasteiger partial charge in [0.2, 0.25) is 0 Å². The normalized spacial score (nSPS) is 18.4. The van der Waals surface area contributed by atoms with E-state index in [0.29, 0.717) is 11.3 Å². The molecule has 27 heavy (non-hydrogen) atoms. The van der Waals surface area contributed by atoms with Crippen molar-refractivity contribution >= 4 is 21.4 Å².